The summed E-state index contributed by atoms with van der Waals surface area (Å²) in [6.07, 6.45) is 1.10. The van der Waals surface area contributed by atoms with Crippen molar-refractivity contribution >= 4 is 28.0 Å². The molecule has 0 aliphatic heterocycles. The Morgan fingerprint density at radius 2 is 1.77 bits per heavy atom. The average Bonchev–Trinajstić information content (AvgIpc) is 2.92. The van der Waals surface area contributed by atoms with E-state index in [4.69, 9.17) is 5.11 Å². The molecule has 0 bridgehead atoms. The minimum Gasteiger partial charge on any atom is -0.477 e. The van der Waals surface area contributed by atoms with Crippen LogP contribution in [0.15, 0.2) is 52.2 Å². The van der Waals surface area contributed by atoms with Crippen LogP contribution >= 0.6 is 11.3 Å². The first kappa shape index (κ1) is 14.0. The number of aromatic nitrogens is 2. The van der Waals surface area contributed by atoms with Crippen LogP contribution in [0, 0.1) is 0 Å². The molecule has 110 valence electrons. The summed E-state index contributed by atoms with van der Waals surface area (Å²) < 4.78 is 1.47. The van der Waals surface area contributed by atoms with Crippen LogP contribution < -0.4 is 11.2 Å². The molecule has 0 atom stereocenters. The summed E-state index contributed by atoms with van der Waals surface area (Å²) in [7, 11) is 0. The number of carbonyl (C=O) groups excluding carboxylic acids is 1. The molecule has 0 fully saturated rings. The minimum absolute atomic E-state index is 0.0959. The zero-order chi connectivity index (χ0) is 15.9. The smallest absolute Gasteiger partial charge is 0.347 e. The number of hydrogen-bond donors (Lipinski definition) is 1. The van der Waals surface area contributed by atoms with Crippen LogP contribution in [-0.2, 0) is 0 Å². The van der Waals surface area contributed by atoms with Gasteiger partial charge in [0.05, 0.1) is 0 Å². The largest absolute Gasteiger partial charge is 0.477 e. The lowest BCUT2D eigenvalue weighted by atomic mass is 10.2. The summed E-state index contributed by atoms with van der Waals surface area (Å²) in [4.78, 5) is 47.7. The summed E-state index contributed by atoms with van der Waals surface area (Å²) >= 11 is 0.789. The first-order chi connectivity index (χ1) is 10.5. The van der Waals surface area contributed by atoms with E-state index in [1.54, 1.807) is 18.2 Å². The number of rotatable bonds is 2. The molecular formula is C14H8N2O5S. The molecule has 0 spiro atoms. The average molecular weight is 316 g/mol. The molecule has 0 amide bonds. The van der Waals surface area contributed by atoms with Crippen LogP contribution in [0.5, 0.6) is 0 Å². The van der Waals surface area contributed by atoms with E-state index in [9.17, 15) is 19.2 Å². The molecule has 2 aromatic heterocycles. The molecule has 0 radical (unpaired) electrons. The molecule has 0 saturated carbocycles. The van der Waals surface area contributed by atoms with Crippen molar-refractivity contribution in [2.75, 3.05) is 0 Å². The van der Waals surface area contributed by atoms with Crippen molar-refractivity contribution in [2.45, 2.75) is 0 Å². The molecule has 0 aliphatic carbocycles. The lowest BCUT2D eigenvalue weighted by Crippen LogP contribution is -2.41. The zero-order valence-electron chi connectivity index (χ0n) is 10.9. The first-order valence-corrected chi connectivity index (χ1v) is 6.92. The van der Waals surface area contributed by atoms with Crippen LogP contribution in [-0.4, -0.2) is 26.0 Å². The Morgan fingerprint density at radius 1 is 1.09 bits per heavy atom. The fourth-order valence-corrected chi connectivity index (χ4v) is 2.85. The van der Waals surface area contributed by atoms with Crippen LogP contribution in [0.1, 0.15) is 20.0 Å². The molecule has 0 aliphatic rings. The molecular weight excluding hydrogens is 308 g/mol. The number of aromatic carboxylic acids is 1. The van der Waals surface area contributed by atoms with Gasteiger partial charge in [-0.15, -0.1) is 11.3 Å². The normalized spacial score (nSPS) is 10.7. The van der Waals surface area contributed by atoms with Crippen LogP contribution in [0.4, 0.5) is 0 Å². The van der Waals surface area contributed by atoms with Gasteiger partial charge in [-0.1, -0.05) is 18.2 Å². The van der Waals surface area contributed by atoms with E-state index in [0.29, 0.717) is 4.57 Å². The van der Waals surface area contributed by atoms with Crippen molar-refractivity contribution in [2.24, 2.45) is 0 Å². The van der Waals surface area contributed by atoms with E-state index in [2.05, 4.69) is 0 Å². The Labute approximate surface area is 126 Å². The zero-order valence-corrected chi connectivity index (χ0v) is 11.7. The number of nitrogens with zero attached hydrogens (tertiary/aromatic N) is 2. The molecule has 2 heterocycles. The van der Waals surface area contributed by atoms with Crippen molar-refractivity contribution in [3.8, 4) is 0 Å². The minimum atomic E-state index is -1.21. The van der Waals surface area contributed by atoms with E-state index in [-0.39, 0.29) is 15.3 Å². The summed E-state index contributed by atoms with van der Waals surface area (Å²) in [6, 6.07) is 8.97. The molecule has 0 unspecified atom stereocenters. The topological polar surface area (TPSA) is 97.8 Å². The SMILES string of the molecule is O=C(O)c1cn2c(=O)n(C(=O)c3ccccc3)c(=O)cc2s1. The predicted octanol–water partition coefficient (Wildman–Crippen LogP) is 0.909. The third-order valence-electron chi connectivity index (χ3n) is 3.00. The lowest BCUT2D eigenvalue weighted by molar-refractivity contribution is 0.0701. The molecule has 3 rings (SSSR count). The third kappa shape index (κ3) is 2.15. The Morgan fingerprint density at radius 3 is 2.41 bits per heavy atom. The first-order valence-electron chi connectivity index (χ1n) is 6.10. The van der Waals surface area contributed by atoms with Gasteiger partial charge in [-0.2, -0.15) is 4.57 Å². The molecule has 7 nitrogen and oxygen atoms in total. The van der Waals surface area contributed by atoms with Gasteiger partial charge < -0.3 is 5.11 Å². The predicted molar refractivity (Wildman–Crippen MR) is 78.9 cm³/mol. The molecule has 1 N–H and O–H groups in total. The number of benzene rings is 1. The highest BCUT2D eigenvalue weighted by Gasteiger charge is 2.18. The fraction of sp³-hybridized carbons (Fsp3) is 0. The van der Waals surface area contributed by atoms with Gasteiger partial charge in [-0.3, -0.25) is 14.0 Å². The summed E-state index contributed by atoms with van der Waals surface area (Å²) in [5.74, 6) is -1.96. The quantitative estimate of drug-likeness (QED) is 0.758. The number of carboxylic acids is 1. The Bertz CT molecular complexity index is 1010. The standard InChI is InChI=1S/C14H8N2O5S/c17-10-6-11-15(7-9(22-11)13(19)20)14(21)16(10)12(18)8-4-2-1-3-5-8/h1-7H,(H,19,20). The van der Waals surface area contributed by atoms with Gasteiger partial charge in [0.2, 0.25) is 0 Å². The van der Waals surface area contributed by atoms with E-state index in [1.807, 2.05) is 0 Å². The number of fused-ring (bicyclic) bond motifs is 1. The number of thiazole rings is 1. The Balaban J connectivity index is 2.27. The fourth-order valence-electron chi connectivity index (χ4n) is 1.99. The van der Waals surface area contributed by atoms with Crippen molar-refractivity contribution in [3.05, 3.63) is 73.9 Å². The van der Waals surface area contributed by atoms with Crippen LogP contribution in [0.3, 0.4) is 0 Å². The molecule has 1 aromatic carbocycles. The van der Waals surface area contributed by atoms with E-state index >= 15 is 0 Å². The monoisotopic (exact) mass is 316 g/mol. The van der Waals surface area contributed by atoms with Crippen molar-refractivity contribution in [1.82, 2.24) is 8.97 Å². The highest BCUT2D eigenvalue weighted by Crippen LogP contribution is 2.14. The van der Waals surface area contributed by atoms with Gasteiger partial charge in [-0.05, 0) is 12.1 Å². The van der Waals surface area contributed by atoms with Crippen molar-refractivity contribution in [1.29, 1.82) is 0 Å². The maximum Gasteiger partial charge on any atom is 0.347 e. The van der Waals surface area contributed by atoms with Gasteiger partial charge in [0.15, 0.2) is 0 Å². The maximum absolute atomic E-state index is 12.3. The second-order valence-corrected chi connectivity index (χ2v) is 5.44. The summed E-state index contributed by atoms with van der Waals surface area (Å²) in [5.41, 5.74) is -1.49. The second-order valence-electron chi connectivity index (χ2n) is 4.38. The van der Waals surface area contributed by atoms with Gasteiger partial charge in [0.25, 0.3) is 11.5 Å². The number of carbonyl (C=O) groups is 2. The van der Waals surface area contributed by atoms with Crippen molar-refractivity contribution in [3.63, 3.8) is 0 Å². The van der Waals surface area contributed by atoms with E-state index in [0.717, 1.165) is 28.0 Å². The van der Waals surface area contributed by atoms with Crippen molar-refractivity contribution < 1.29 is 14.7 Å². The maximum atomic E-state index is 12.3. The molecule has 3 aromatic rings. The number of hydrogen-bond acceptors (Lipinski definition) is 5. The molecule has 22 heavy (non-hydrogen) atoms. The van der Waals surface area contributed by atoms with Gasteiger partial charge in [-0.25, -0.2) is 9.59 Å². The van der Waals surface area contributed by atoms with Crippen LogP contribution in [0.25, 0.3) is 4.83 Å². The highest BCUT2D eigenvalue weighted by molar-refractivity contribution is 7.19. The second kappa shape index (κ2) is 5.08. The Kier molecular flexibility index (Phi) is 3.22. The van der Waals surface area contributed by atoms with Gasteiger partial charge in [0.1, 0.15) is 9.71 Å². The van der Waals surface area contributed by atoms with E-state index < -0.39 is 23.1 Å². The summed E-state index contributed by atoms with van der Waals surface area (Å²) in [6.45, 7) is 0. The third-order valence-corrected chi connectivity index (χ3v) is 4.02. The van der Waals surface area contributed by atoms with E-state index in [1.165, 1.54) is 12.1 Å². The summed E-state index contributed by atoms with van der Waals surface area (Å²) in [5, 5.41) is 8.95. The Hall–Kier alpha value is -3.00. The van der Waals surface area contributed by atoms with Crippen LogP contribution in [0.2, 0.25) is 0 Å². The molecule has 0 saturated heterocycles. The highest BCUT2D eigenvalue weighted by atomic mass is 32.1. The number of carboxylic acid groups (broad SMARTS) is 1. The van der Waals surface area contributed by atoms with Gasteiger partial charge in [0, 0.05) is 17.8 Å². The van der Waals surface area contributed by atoms with Gasteiger partial charge >= 0.3 is 11.7 Å². The lowest BCUT2D eigenvalue weighted by Gasteiger charge is -2.03. The molecule has 8 heteroatoms.